The van der Waals surface area contributed by atoms with E-state index in [1.807, 2.05) is 37.3 Å². The van der Waals surface area contributed by atoms with Crippen LogP contribution in [0.4, 0.5) is 5.69 Å². The zero-order chi connectivity index (χ0) is 30.7. The smallest absolute Gasteiger partial charge is 0.243 e. The van der Waals surface area contributed by atoms with Gasteiger partial charge in [0.05, 0.1) is 11.9 Å². The lowest BCUT2D eigenvalue weighted by Gasteiger charge is -2.32. The SMILES string of the molecule is CCCCNC(=O)[C@H](Cc1ccccc1)N(Cc1ccc(Cl)cc1Cl)C(=O)CCCN(c1cccc(Cl)c1)S(C)(=O)=O. The van der Waals surface area contributed by atoms with Gasteiger partial charge in [0.2, 0.25) is 21.8 Å². The molecule has 42 heavy (non-hydrogen) atoms. The number of sulfonamides is 1. The van der Waals surface area contributed by atoms with Crippen LogP contribution in [-0.2, 0) is 32.6 Å². The third kappa shape index (κ3) is 10.2. The van der Waals surface area contributed by atoms with Crippen LogP contribution in [0.1, 0.15) is 43.7 Å². The molecule has 7 nitrogen and oxygen atoms in total. The van der Waals surface area contributed by atoms with Gasteiger partial charge in [0.25, 0.3) is 0 Å². The normalized spacial score (nSPS) is 12.0. The maximum atomic E-state index is 13.9. The molecule has 2 amide bonds. The Bertz CT molecular complexity index is 1450. The first-order valence-electron chi connectivity index (χ1n) is 13.8. The summed E-state index contributed by atoms with van der Waals surface area (Å²) in [6.07, 6.45) is 3.36. The molecule has 3 aromatic carbocycles. The first-order valence-corrected chi connectivity index (χ1v) is 16.8. The molecule has 226 valence electrons. The topological polar surface area (TPSA) is 86.8 Å². The molecular weight excluding hydrogens is 617 g/mol. The first-order chi connectivity index (χ1) is 20.0. The molecule has 0 radical (unpaired) electrons. The Morgan fingerprint density at radius 2 is 1.62 bits per heavy atom. The van der Waals surface area contributed by atoms with Crippen molar-refractivity contribution in [2.24, 2.45) is 0 Å². The molecule has 0 aliphatic rings. The fraction of sp³-hybridized carbons (Fsp3) is 0.355. The summed E-state index contributed by atoms with van der Waals surface area (Å²) in [4.78, 5) is 29.0. The summed E-state index contributed by atoms with van der Waals surface area (Å²) < 4.78 is 26.4. The van der Waals surface area contributed by atoms with Crippen LogP contribution in [0.2, 0.25) is 15.1 Å². The number of carbonyl (C=O) groups excluding carboxylic acids is 2. The molecule has 3 aromatic rings. The van der Waals surface area contributed by atoms with Gasteiger partial charge in [0.1, 0.15) is 6.04 Å². The maximum Gasteiger partial charge on any atom is 0.243 e. The average molecular weight is 653 g/mol. The van der Waals surface area contributed by atoms with Crippen LogP contribution in [0.3, 0.4) is 0 Å². The summed E-state index contributed by atoms with van der Waals surface area (Å²) in [6.45, 7) is 2.67. The maximum absolute atomic E-state index is 13.9. The quantitative estimate of drug-likeness (QED) is 0.184. The Hall–Kier alpha value is -2.78. The summed E-state index contributed by atoms with van der Waals surface area (Å²) in [5, 5.41) is 4.23. The van der Waals surface area contributed by atoms with Crippen molar-refractivity contribution >= 4 is 62.3 Å². The number of rotatable bonds is 15. The minimum atomic E-state index is -3.64. The van der Waals surface area contributed by atoms with E-state index in [4.69, 9.17) is 34.8 Å². The Balaban J connectivity index is 1.90. The van der Waals surface area contributed by atoms with E-state index in [0.717, 1.165) is 24.7 Å². The Morgan fingerprint density at radius 1 is 0.905 bits per heavy atom. The van der Waals surface area contributed by atoms with Crippen molar-refractivity contribution in [3.05, 3.63) is 99.0 Å². The molecule has 3 rings (SSSR count). The molecule has 0 heterocycles. The second-order valence-corrected chi connectivity index (χ2v) is 13.2. The van der Waals surface area contributed by atoms with Crippen molar-refractivity contribution < 1.29 is 18.0 Å². The molecular formula is C31H36Cl3N3O4S. The van der Waals surface area contributed by atoms with Gasteiger partial charge in [-0.15, -0.1) is 0 Å². The molecule has 11 heteroatoms. The Morgan fingerprint density at radius 3 is 2.26 bits per heavy atom. The molecule has 0 saturated carbocycles. The van der Waals surface area contributed by atoms with Gasteiger partial charge < -0.3 is 10.2 Å². The van der Waals surface area contributed by atoms with Crippen LogP contribution in [0, 0.1) is 0 Å². The average Bonchev–Trinajstić information content (AvgIpc) is 2.94. The van der Waals surface area contributed by atoms with Crippen LogP contribution < -0.4 is 9.62 Å². The Labute approximate surface area is 263 Å². The predicted molar refractivity (Wildman–Crippen MR) is 172 cm³/mol. The van der Waals surface area contributed by atoms with Crippen LogP contribution >= 0.6 is 34.8 Å². The summed E-state index contributed by atoms with van der Waals surface area (Å²) in [6, 6.07) is 20.3. The van der Waals surface area contributed by atoms with E-state index in [1.165, 1.54) is 9.21 Å². The molecule has 0 unspecified atom stereocenters. The first kappa shape index (κ1) is 33.7. The third-order valence-corrected chi connectivity index (χ3v) is 8.72. The van der Waals surface area contributed by atoms with Gasteiger partial charge in [0.15, 0.2) is 0 Å². The second-order valence-electron chi connectivity index (χ2n) is 10.0. The Kier molecular flexibility index (Phi) is 13.0. The number of unbranched alkanes of at least 4 members (excludes halogenated alkanes) is 1. The second kappa shape index (κ2) is 16.2. The third-order valence-electron chi connectivity index (χ3n) is 6.70. The number of nitrogens with zero attached hydrogens (tertiary/aromatic N) is 2. The van der Waals surface area contributed by atoms with Crippen molar-refractivity contribution in [3.63, 3.8) is 0 Å². The number of benzene rings is 3. The highest BCUT2D eigenvalue weighted by Crippen LogP contribution is 2.26. The number of halogens is 3. The molecule has 0 saturated heterocycles. The van der Waals surface area contributed by atoms with Gasteiger partial charge in [-0.25, -0.2) is 8.42 Å². The largest absolute Gasteiger partial charge is 0.354 e. The van der Waals surface area contributed by atoms with Crippen LogP contribution in [0.5, 0.6) is 0 Å². The summed E-state index contributed by atoms with van der Waals surface area (Å²) in [5.41, 5.74) is 1.96. The highest BCUT2D eigenvalue weighted by atomic mass is 35.5. The number of carbonyl (C=O) groups is 2. The highest BCUT2D eigenvalue weighted by Gasteiger charge is 2.31. The van der Waals surface area contributed by atoms with E-state index >= 15 is 0 Å². The predicted octanol–water partition coefficient (Wildman–Crippen LogP) is 6.75. The summed E-state index contributed by atoms with van der Waals surface area (Å²) >= 11 is 18.7. The van der Waals surface area contributed by atoms with E-state index in [0.29, 0.717) is 39.3 Å². The molecule has 0 bridgehead atoms. The van der Waals surface area contributed by atoms with Gasteiger partial charge in [-0.2, -0.15) is 0 Å². The lowest BCUT2D eigenvalue weighted by atomic mass is 10.0. The van der Waals surface area contributed by atoms with Gasteiger partial charge in [-0.3, -0.25) is 13.9 Å². The molecule has 1 N–H and O–H groups in total. The van der Waals surface area contributed by atoms with Crippen LogP contribution in [-0.4, -0.2) is 50.5 Å². The van der Waals surface area contributed by atoms with Crippen molar-refractivity contribution in [3.8, 4) is 0 Å². The minimum absolute atomic E-state index is 0.00528. The standard InChI is InChI=1S/C31H36Cl3N3O4S/c1-3-4-17-35-31(39)29(19-23-10-6-5-7-11-23)36(22-24-15-16-26(33)21-28(24)34)30(38)14-9-18-37(42(2,40)41)27-13-8-12-25(32)20-27/h5-8,10-13,15-16,20-21,29H,3-4,9,14,17-19,22H2,1-2H3,(H,35,39)/t29-/m0/s1. The lowest BCUT2D eigenvalue weighted by Crippen LogP contribution is -2.50. The summed E-state index contributed by atoms with van der Waals surface area (Å²) in [5.74, 6) is -0.561. The van der Waals surface area contributed by atoms with Gasteiger partial charge in [0, 0.05) is 47.5 Å². The number of hydrogen-bond donors (Lipinski definition) is 1. The van der Waals surface area contributed by atoms with Crippen molar-refractivity contribution in [2.45, 2.75) is 51.6 Å². The fourth-order valence-electron chi connectivity index (χ4n) is 4.53. The zero-order valence-electron chi connectivity index (χ0n) is 23.7. The lowest BCUT2D eigenvalue weighted by molar-refractivity contribution is -0.141. The molecule has 0 aliphatic carbocycles. The number of nitrogens with one attached hydrogen (secondary N) is 1. The van der Waals surface area contributed by atoms with E-state index < -0.39 is 16.1 Å². The molecule has 1 atom stereocenters. The van der Waals surface area contributed by atoms with Crippen molar-refractivity contribution in [1.29, 1.82) is 0 Å². The van der Waals surface area contributed by atoms with Gasteiger partial charge >= 0.3 is 0 Å². The van der Waals surface area contributed by atoms with Crippen molar-refractivity contribution in [1.82, 2.24) is 10.2 Å². The molecule has 0 fully saturated rings. The summed E-state index contributed by atoms with van der Waals surface area (Å²) in [7, 11) is -3.64. The highest BCUT2D eigenvalue weighted by molar-refractivity contribution is 7.92. The van der Waals surface area contributed by atoms with E-state index in [2.05, 4.69) is 5.32 Å². The zero-order valence-corrected chi connectivity index (χ0v) is 26.8. The minimum Gasteiger partial charge on any atom is -0.354 e. The molecule has 0 aliphatic heterocycles. The molecule has 0 spiro atoms. The van der Waals surface area contributed by atoms with Gasteiger partial charge in [-0.05, 0) is 54.3 Å². The molecule has 0 aromatic heterocycles. The van der Waals surface area contributed by atoms with Crippen molar-refractivity contribution in [2.75, 3.05) is 23.7 Å². The van der Waals surface area contributed by atoms with Gasteiger partial charge in [-0.1, -0.05) is 90.6 Å². The monoisotopic (exact) mass is 651 g/mol. The van der Waals surface area contributed by atoms with E-state index in [1.54, 1.807) is 42.5 Å². The number of hydrogen-bond acceptors (Lipinski definition) is 4. The number of amides is 2. The fourth-order valence-corrected chi connectivity index (χ4v) is 6.14. The number of anilines is 1. The van der Waals surface area contributed by atoms with Crippen LogP contribution in [0.25, 0.3) is 0 Å². The van der Waals surface area contributed by atoms with Crippen LogP contribution in [0.15, 0.2) is 72.8 Å². The van der Waals surface area contributed by atoms with E-state index in [9.17, 15) is 18.0 Å². The van der Waals surface area contributed by atoms with E-state index in [-0.39, 0.29) is 37.7 Å².